The molecule has 1 saturated carbocycles. The first kappa shape index (κ1) is 20.5. The van der Waals surface area contributed by atoms with Crippen molar-refractivity contribution in [2.24, 2.45) is 0 Å². The molecule has 2 N–H and O–H groups in total. The van der Waals surface area contributed by atoms with Gasteiger partial charge in [-0.3, -0.25) is 14.2 Å². The lowest BCUT2D eigenvalue weighted by atomic mass is 9.95. The highest BCUT2D eigenvalue weighted by molar-refractivity contribution is 6.30. The van der Waals surface area contributed by atoms with Gasteiger partial charge in [-0.25, -0.2) is 4.98 Å². The van der Waals surface area contributed by atoms with Gasteiger partial charge >= 0.3 is 0 Å². The Kier molecular flexibility index (Phi) is 5.77. The average molecular weight is 446 g/mol. The minimum atomic E-state index is -0.0270. The van der Waals surface area contributed by atoms with Crippen molar-refractivity contribution in [1.29, 1.82) is 0 Å². The third kappa shape index (κ3) is 4.32. The third-order valence-electron chi connectivity index (χ3n) is 5.88. The SMILES string of the molecule is O=C(NC1CCCCC1)c1cccc(Nc2c(-c3ccc(Cl)cc3)nc3cnccn23)c1. The van der Waals surface area contributed by atoms with E-state index in [1.807, 2.05) is 59.1 Å². The maximum atomic E-state index is 12.8. The first-order valence-electron chi connectivity index (χ1n) is 10.9. The van der Waals surface area contributed by atoms with Gasteiger partial charge in [-0.15, -0.1) is 0 Å². The lowest BCUT2D eigenvalue weighted by Crippen LogP contribution is -2.36. The first-order chi connectivity index (χ1) is 15.7. The predicted octanol–water partition coefficient (Wildman–Crippen LogP) is 5.86. The van der Waals surface area contributed by atoms with Gasteiger partial charge in [0.15, 0.2) is 5.65 Å². The number of carbonyl (C=O) groups excluding carboxylic acids is 1. The number of hydrogen-bond donors (Lipinski definition) is 2. The Balaban J connectivity index is 1.45. The van der Waals surface area contributed by atoms with Crippen molar-refractivity contribution >= 4 is 34.7 Å². The van der Waals surface area contributed by atoms with Gasteiger partial charge in [0, 0.05) is 40.3 Å². The van der Waals surface area contributed by atoms with Crippen LogP contribution in [0.2, 0.25) is 5.02 Å². The molecule has 1 aliphatic rings. The number of rotatable bonds is 5. The highest BCUT2D eigenvalue weighted by Crippen LogP contribution is 2.32. The Hall–Kier alpha value is -3.38. The monoisotopic (exact) mass is 445 g/mol. The van der Waals surface area contributed by atoms with Gasteiger partial charge in [-0.05, 0) is 43.2 Å². The molecule has 0 unspecified atom stereocenters. The van der Waals surface area contributed by atoms with E-state index in [9.17, 15) is 4.79 Å². The lowest BCUT2D eigenvalue weighted by molar-refractivity contribution is 0.0928. The molecule has 1 fully saturated rings. The lowest BCUT2D eigenvalue weighted by Gasteiger charge is -2.22. The van der Waals surface area contributed by atoms with Crippen molar-refractivity contribution in [3.63, 3.8) is 0 Å². The molecule has 7 heteroatoms. The maximum absolute atomic E-state index is 12.8. The fraction of sp³-hybridized carbons (Fsp3) is 0.240. The van der Waals surface area contributed by atoms with Gasteiger partial charge in [0.25, 0.3) is 5.91 Å². The van der Waals surface area contributed by atoms with Crippen LogP contribution in [0.1, 0.15) is 42.5 Å². The van der Waals surface area contributed by atoms with Crippen molar-refractivity contribution in [2.75, 3.05) is 5.32 Å². The van der Waals surface area contributed by atoms with Gasteiger partial charge in [-0.2, -0.15) is 0 Å². The smallest absolute Gasteiger partial charge is 0.251 e. The Morgan fingerprint density at radius 1 is 1.06 bits per heavy atom. The van der Waals surface area contributed by atoms with Crippen LogP contribution in [0.4, 0.5) is 11.5 Å². The highest BCUT2D eigenvalue weighted by Gasteiger charge is 2.18. The summed E-state index contributed by atoms with van der Waals surface area (Å²) in [4.78, 5) is 21.8. The number of anilines is 2. The molecule has 0 saturated heterocycles. The summed E-state index contributed by atoms with van der Waals surface area (Å²) >= 11 is 6.08. The van der Waals surface area contributed by atoms with E-state index in [-0.39, 0.29) is 11.9 Å². The van der Waals surface area contributed by atoms with Crippen LogP contribution >= 0.6 is 11.6 Å². The Labute approximate surface area is 191 Å². The van der Waals surface area contributed by atoms with E-state index in [4.69, 9.17) is 16.6 Å². The van der Waals surface area contributed by atoms with Gasteiger partial charge in [0.2, 0.25) is 0 Å². The topological polar surface area (TPSA) is 71.3 Å². The summed E-state index contributed by atoms with van der Waals surface area (Å²) in [6.45, 7) is 0. The number of amides is 1. The highest BCUT2D eigenvalue weighted by atomic mass is 35.5. The molecule has 2 aromatic heterocycles. The molecule has 6 nitrogen and oxygen atoms in total. The fourth-order valence-corrected chi connectivity index (χ4v) is 4.35. The molecule has 0 aliphatic heterocycles. The fourth-order valence-electron chi connectivity index (χ4n) is 4.23. The van der Waals surface area contributed by atoms with Crippen molar-refractivity contribution in [2.45, 2.75) is 38.1 Å². The molecule has 1 aliphatic carbocycles. The summed E-state index contributed by atoms with van der Waals surface area (Å²) < 4.78 is 1.95. The molecule has 0 atom stereocenters. The largest absolute Gasteiger partial charge is 0.349 e. The molecule has 0 radical (unpaired) electrons. The predicted molar refractivity (Wildman–Crippen MR) is 127 cm³/mol. The molecule has 4 aromatic rings. The minimum Gasteiger partial charge on any atom is -0.349 e. The summed E-state index contributed by atoms with van der Waals surface area (Å²) in [5, 5.41) is 7.33. The van der Waals surface area contributed by atoms with E-state index < -0.39 is 0 Å². The Morgan fingerprint density at radius 3 is 2.69 bits per heavy atom. The van der Waals surface area contributed by atoms with Crippen LogP contribution in [-0.2, 0) is 0 Å². The number of aromatic nitrogens is 3. The molecular weight excluding hydrogens is 422 g/mol. The van der Waals surface area contributed by atoms with E-state index in [1.165, 1.54) is 19.3 Å². The third-order valence-corrected chi connectivity index (χ3v) is 6.13. The van der Waals surface area contributed by atoms with Crippen LogP contribution in [0.5, 0.6) is 0 Å². The van der Waals surface area contributed by atoms with E-state index in [0.29, 0.717) is 10.6 Å². The number of halogens is 1. The molecule has 0 bridgehead atoms. The molecule has 0 spiro atoms. The van der Waals surface area contributed by atoms with Crippen LogP contribution in [0, 0.1) is 0 Å². The summed E-state index contributed by atoms with van der Waals surface area (Å²) in [6.07, 6.45) is 11.1. The van der Waals surface area contributed by atoms with E-state index in [1.54, 1.807) is 12.4 Å². The standard InChI is InChI=1S/C25H24ClN5O/c26-19-11-9-17(10-12-19)23-24(31-14-13-27-16-22(31)30-23)28-21-8-4-5-18(15-21)25(32)29-20-6-2-1-3-7-20/h4-5,8-16,20,28H,1-3,6-7H2,(H,29,32). The molecule has 32 heavy (non-hydrogen) atoms. The second kappa shape index (κ2) is 9.01. The van der Waals surface area contributed by atoms with E-state index in [2.05, 4.69) is 15.6 Å². The zero-order valence-electron chi connectivity index (χ0n) is 17.6. The first-order valence-corrected chi connectivity index (χ1v) is 11.3. The Morgan fingerprint density at radius 2 is 1.88 bits per heavy atom. The molecule has 5 rings (SSSR count). The summed E-state index contributed by atoms with van der Waals surface area (Å²) in [5.41, 5.74) is 3.91. The summed E-state index contributed by atoms with van der Waals surface area (Å²) in [5.74, 6) is 0.773. The number of nitrogens with zero attached hydrogens (tertiary/aromatic N) is 3. The molecule has 2 aromatic carbocycles. The van der Waals surface area contributed by atoms with Crippen molar-refractivity contribution < 1.29 is 4.79 Å². The van der Waals surface area contributed by atoms with Crippen LogP contribution in [0.15, 0.2) is 67.1 Å². The number of imidazole rings is 1. The van der Waals surface area contributed by atoms with Gasteiger partial charge < -0.3 is 10.6 Å². The van der Waals surface area contributed by atoms with Crippen molar-refractivity contribution in [1.82, 2.24) is 19.7 Å². The van der Waals surface area contributed by atoms with Gasteiger partial charge in [0.05, 0.1) is 6.20 Å². The van der Waals surface area contributed by atoms with Gasteiger partial charge in [-0.1, -0.05) is 49.1 Å². The number of hydrogen-bond acceptors (Lipinski definition) is 4. The second-order valence-corrected chi connectivity index (χ2v) is 8.57. The average Bonchev–Trinajstić information content (AvgIpc) is 3.19. The normalized spacial score (nSPS) is 14.4. The van der Waals surface area contributed by atoms with E-state index >= 15 is 0 Å². The summed E-state index contributed by atoms with van der Waals surface area (Å²) in [7, 11) is 0. The van der Waals surface area contributed by atoms with Crippen LogP contribution < -0.4 is 10.6 Å². The van der Waals surface area contributed by atoms with Crippen molar-refractivity contribution in [3.05, 3.63) is 77.7 Å². The zero-order chi connectivity index (χ0) is 21.9. The summed E-state index contributed by atoms with van der Waals surface area (Å²) in [6, 6.07) is 15.4. The maximum Gasteiger partial charge on any atom is 0.251 e. The van der Waals surface area contributed by atoms with Crippen molar-refractivity contribution in [3.8, 4) is 11.3 Å². The number of benzene rings is 2. The second-order valence-electron chi connectivity index (χ2n) is 8.13. The number of fused-ring (bicyclic) bond motifs is 1. The number of carbonyl (C=O) groups is 1. The van der Waals surface area contributed by atoms with Crippen LogP contribution in [0.25, 0.3) is 16.9 Å². The van der Waals surface area contributed by atoms with E-state index in [0.717, 1.165) is 41.3 Å². The minimum absolute atomic E-state index is 0.0270. The van der Waals surface area contributed by atoms with Gasteiger partial charge in [0.1, 0.15) is 11.5 Å². The molecule has 1 amide bonds. The Bertz CT molecular complexity index is 1240. The molecular formula is C25H24ClN5O. The molecule has 162 valence electrons. The zero-order valence-corrected chi connectivity index (χ0v) is 18.3. The number of nitrogens with one attached hydrogen (secondary N) is 2. The van der Waals surface area contributed by atoms with Crippen LogP contribution in [0.3, 0.4) is 0 Å². The van der Waals surface area contributed by atoms with Crippen LogP contribution in [-0.4, -0.2) is 26.3 Å². The quantitative estimate of drug-likeness (QED) is 0.404. The molecule has 2 heterocycles.